The molecule has 1 saturated heterocycles. The van der Waals surface area contributed by atoms with E-state index < -0.39 is 10.0 Å². The van der Waals surface area contributed by atoms with E-state index in [1.54, 1.807) is 6.07 Å². The molecule has 18 heavy (non-hydrogen) atoms. The second-order valence-electron chi connectivity index (χ2n) is 4.35. The minimum absolute atomic E-state index is 0.0237. The van der Waals surface area contributed by atoms with Gasteiger partial charge in [0.1, 0.15) is 0 Å². The third-order valence-electron chi connectivity index (χ3n) is 2.96. The standard InChI is InChI=1S/C11H18N2O3S2/c1-8-11(6-10(7-12)17-8)18(14,15)13-9-2-4-16-5-3-9/h6,9,13H,2-5,7,12H2,1H3. The minimum atomic E-state index is -3.43. The van der Waals surface area contributed by atoms with E-state index in [0.29, 0.717) is 24.7 Å². The molecule has 1 aliphatic rings. The van der Waals surface area contributed by atoms with Gasteiger partial charge in [0.25, 0.3) is 0 Å². The number of thiophene rings is 1. The molecule has 0 radical (unpaired) electrons. The Morgan fingerprint density at radius 2 is 2.17 bits per heavy atom. The lowest BCUT2D eigenvalue weighted by atomic mass is 10.1. The fraction of sp³-hybridized carbons (Fsp3) is 0.636. The molecule has 0 saturated carbocycles. The van der Waals surface area contributed by atoms with Crippen molar-refractivity contribution in [2.24, 2.45) is 5.73 Å². The number of nitrogens with one attached hydrogen (secondary N) is 1. The summed E-state index contributed by atoms with van der Waals surface area (Å²) >= 11 is 1.43. The zero-order chi connectivity index (χ0) is 13.2. The predicted molar refractivity (Wildman–Crippen MR) is 71.1 cm³/mol. The number of nitrogens with two attached hydrogens (primary N) is 1. The van der Waals surface area contributed by atoms with Crippen molar-refractivity contribution in [2.45, 2.75) is 37.2 Å². The number of sulfonamides is 1. The molecule has 0 aromatic carbocycles. The van der Waals surface area contributed by atoms with Crippen LogP contribution in [0.2, 0.25) is 0 Å². The molecular weight excluding hydrogens is 272 g/mol. The first-order chi connectivity index (χ1) is 8.53. The third kappa shape index (κ3) is 3.10. The first kappa shape index (κ1) is 14.0. The van der Waals surface area contributed by atoms with Crippen molar-refractivity contribution in [1.82, 2.24) is 4.72 Å². The van der Waals surface area contributed by atoms with E-state index in [1.165, 1.54) is 11.3 Å². The summed E-state index contributed by atoms with van der Waals surface area (Å²) in [6, 6.07) is 1.64. The van der Waals surface area contributed by atoms with Gasteiger partial charge in [0.15, 0.2) is 0 Å². The van der Waals surface area contributed by atoms with Gasteiger partial charge in [0.05, 0.1) is 4.90 Å². The molecule has 2 rings (SSSR count). The van der Waals surface area contributed by atoms with E-state index in [4.69, 9.17) is 10.5 Å². The van der Waals surface area contributed by atoms with Gasteiger partial charge in [-0.1, -0.05) is 0 Å². The Bertz CT molecular complexity index is 504. The maximum Gasteiger partial charge on any atom is 0.241 e. The molecule has 1 aromatic rings. The van der Waals surface area contributed by atoms with Crippen LogP contribution in [-0.4, -0.2) is 27.7 Å². The molecule has 0 amide bonds. The first-order valence-electron chi connectivity index (χ1n) is 5.92. The summed E-state index contributed by atoms with van der Waals surface area (Å²) in [5.41, 5.74) is 5.54. The number of hydrogen-bond acceptors (Lipinski definition) is 5. The number of ether oxygens (including phenoxy) is 1. The second-order valence-corrected chi connectivity index (χ2v) is 7.37. The van der Waals surface area contributed by atoms with Gasteiger partial charge in [0, 0.05) is 35.6 Å². The lowest BCUT2D eigenvalue weighted by Gasteiger charge is -2.22. The monoisotopic (exact) mass is 290 g/mol. The molecule has 2 heterocycles. The highest BCUT2D eigenvalue weighted by molar-refractivity contribution is 7.89. The summed E-state index contributed by atoms with van der Waals surface area (Å²) in [5.74, 6) is 0. The molecular formula is C11H18N2O3S2. The fourth-order valence-electron chi connectivity index (χ4n) is 1.99. The Morgan fingerprint density at radius 1 is 1.50 bits per heavy atom. The van der Waals surface area contributed by atoms with Crippen LogP contribution in [-0.2, 0) is 21.3 Å². The van der Waals surface area contributed by atoms with Gasteiger partial charge >= 0.3 is 0 Å². The molecule has 0 unspecified atom stereocenters. The van der Waals surface area contributed by atoms with E-state index in [-0.39, 0.29) is 6.04 Å². The van der Waals surface area contributed by atoms with Crippen LogP contribution in [0.15, 0.2) is 11.0 Å². The van der Waals surface area contributed by atoms with E-state index >= 15 is 0 Å². The molecule has 0 atom stereocenters. The molecule has 5 nitrogen and oxygen atoms in total. The molecule has 1 fully saturated rings. The van der Waals surface area contributed by atoms with Gasteiger partial charge in [0.2, 0.25) is 10.0 Å². The first-order valence-corrected chi connectivity index (χ1v) is 8.22. The average Bonchev–Trinajstić information content (AvgIpc) is 2.72. The number of aryl methyl sites for hydroxylation is 1. The third-order valence-corrected chi connectivity index (χ3v) is 5.81. The molecule has 3 N–H and O–H groups in total. The van der Waals surface area contributed by atoms with E-state index in [2.05, 4.69) is 4.72 Å². The summed E-state index contributed by atoms with van der Waals surface area (Å²) in [6.45, 7) is 3.41. The topological polar surface area (TPSA) is 81.4 Å². The van der Waals surface area contributed by atoms with Crippen molar-refractivity contribution in [3.63, 3.8) is 0 Å². The van der Waals surface area contributed by atoms with E-state index in [0.717, 1.165) is 22.6 Å². The largest absolute Gasteiger partial charge is 0.381 e. The van der Waals surface area contributed by atoms with Crippen molar-refractivity contribution in [3.8, 4) is 0 Å². The number of hydrogen-bond donors (Lipinski definition) is 2. The van der Waals surface area contributed by atoms with Crippen LogP contribution >= 0.6 is 11.3 Å². The minimum Gasteiger partial charge on any atom is -0.381 e. The summed E-state index contributed by atoms with van der Waals surface area (Å²) in [6.07, 6.45) is 1.46. The zero-order valence-corrected chi connectivity index (χ0v) is 11.9. The maximum absolute atomic E-state index is 12.3. The van der Waals surface area contributed by atoms with Gasteiger partial charge < -0.3 is 10.5 Å². The molecule has 102 valence electrons. The smallest absolute Gasteiger partial charge is 0.241 e. The summed E-state index contributed by atoms with van der Waals surface area (Å²) in [7, 11) is -3.43. The zero-order valence-electron chi connectivity index (χ0n) is 10.3. The van der Waals surface area contributed by atoms with Crippen molar-refractivity contribution in [2.75, 3.05) is 13.2 Å². The average molecular weight is 290 g/mol. The quantitative estimate of drug-likeness (QED) is 0.866. The Kier molecular flexibility index (Phi) is 4.39. The van der Waals surface area contributed by atoms with Crippen molar-refractivity contribution in [3.05, 3.63) is 15.8 Å². The van der Waals surface area contributed by atoms with Gasteiger partial charge in [-0.3, -0.25) is 0 Å². The lowest BCUT2D eigenvalue weighted by molar-refractivity contribution is 0.0832. The van der Waals surface area contributed by atoms with Crippen molar-refractivity contribution < 1.29 is 13.2 Å². The molecule has 1 aromatic heterocycles. The van der Waals surface area contributed by atoms with E-state index in [1.807, 2.05) is 6.92 Å². The number of rotatable bonds is 4. The normalized spacial score (nSPS) is 18.1. The van der Waals surface area contributed by atoms with Gasteiger partial charge in [-0.2, -0.15) is 0 Å². The molecule has 0 bridgehead atoms. The van der Waals surface area contributed by atoms with Crippen LogP contribution in [0.3, 0.4) is 0 Å². The highest BCUT2D eigenvalue weighted by atomic mass is 32.2. The van der Waals surface area contributed by atoms with E-state index in [9.17, 15) is 8.42 Å². The van der Waals surface area contributed by atoms with Crippen LogP contribution in [0.5, 0.6) is 0 Å². The summed E-state index contributed by atoms with van der Waals surface area (Å²) in [4.78, 5) is 2.04. The molecule has 0 aliphatic carbocycles. The van der Waals surface area contributed by atoms with Crippen LogP contribution in [0.25, 0.3) is 0 Å². The van der Waals surface area contributed by atoms with Gasteiger partial charge in [-0.05, 0) is 25.8 Å². The predicted octanol–water partition coefficient (Wildman–Crippen LogP) is 0.973. The highest BCUT2D eigenvalue weighted by Crippen LogP contribution is 2.26. The molecule has 1 aliphatic heterocycles. The highest BCUT2D eigenvalue weighted by Gasteiger charge is 2.24. The fourth-order valence-corrected chi connectivity index (χ4v) is 4.81. The Hall–Kier alpha value is -0.470. The Labute approximate surface area is 111 Å². The summed E-state index contributed by atoms with van der Waals surface area (Å²) < 4.78 is 32.5. The molecule has 7 heteroatoms. The Balaban J connectivity index is 2.16. The van der Waals surface area contributed by atoms with Gasteiger partial charge in [-0.25, -0.2) is 13.1 Å². The maximum atomic E-state index is 12.3. The lowest BCUT2D eigenvalue weighted by Crippen LogP contribution is -2.38. The second kappa shape index (κ2) is 5.66. The Morgan fingerprint density at radius 3 is 2.72 bits per heavy atom. The van der Waals surface area contributed by atoms with Crippen LogP contribution in [0.4, 0.5) is 0 Å². The van der Waals surface area contributed by atoms with Crippen molar-refractivity contribution >= 4 is 21.4 Å². The van der Waals surface area contributed by atoms with Crippen LogP contribution < -0.4 is 10.5 Å². The van der Waals surface area contributed by atoms with Gasteiger partial charge in [-0.15, -0.1) is 11.3 Å². The van der Waals surface area contributed by atoms with Crippen LogP contribution in [0.1, 0.15) is 22.6 Å². The molecule has 0 spiro atoms. The van der Waals surface area contributed by atoms with Crippen molar-refractivity contribution in [1.29, 1.82) is 0 Å². The SMILES string of the molecule is Cc1sc(CN)cc1S(=O)(=O)NC1CCOCC1. The summed E-state index contributed by atoms with van der Waals surface area (Å²) in [5, 5.41) is 0. The van der Waals surface area contributed by atoms with Crippen LogP contribution in [0, 0.1) is 6.92 Å².